The van der Waals surface area contributed by atoms with Crippen LogP contribution < -0.4 is 5.73 Å². The molecular formula is C11H19N3O3. The summed E-state index contributed by atoms with van der Waals surface area (Å²) in [7, 11) is 1.76. The van der Waals surface area contributed by atoms with E-state index >= 15 is 0 Å². The molecule has 6 heteroatoms. The summed E-state index contributed by atoms with van der Waals surface area (Å²) in [4.78, 5) is 4.09. The molecule has 2 N–H and O–H groups in total. The molecule has 17 heavy (non-hydrogen) atoms. The van der Waals surface area contributed by atoms with E-state index in [-0.39, 0.29) is 12.6 Å². The van der Waals surface area contributed by atoms with Crippen LogP contribution in [0.2, 0.25) is 0 Å². The van der Waals surface area contributed by atoms with Crippen LogP contribution in [0.25, 0.3) is 0 Å². The Kier molecular flexibility index (Phi) is 4.47. The lowest BCUT2D eigenvalue weighted by molar-refractivity contribution is -0.0258. The molecule has 0 radical (unpaired) electrons. The second-order valence-corrected chi connectivity index (χ2v) is 4.25. The minimum absolute atomic E-state index is 0.270. The van der Waals surface area contributed by atoms with Crippen LogP contribution in [0.3, 0.4) is 0 Å². The quantitative estimate of drug-likeness (QED) is 0.828. The molecule has 0 aromatic carbocycles. The third-order valence-electron chi connectivity index (χ3n) is 3.09. The molecule has 1 saturated carbocycles. The molecule has 0 spiro atoms. The fraction of sp³-hybridized carbons (Fsp3) is 0.818. The van der Waals surface area contributed by atoms with Crippen molar-refractivity contribution in [3.05, 3.63) is 11.7 Å². The Bertz CT molecular complexity index is 334. The Labute approximate surface area is 100 Å². The molecule has 0 bridgehead atoms. The normalized spacial score (nSPS) is 25.1. The molecule has 1 aromatic heterocycles. The molecule has 1 fully saturated rings. The van der Waals surface area contributed by atoms with Gasteiger partial charge in [-0.25, -0.2) is 0 Å². The Morgan fingerprint density at radius 2 is 2.00 bits per heavy atom. The molecule has 0 aliphatic heterocycles. The van der Waals surface area contributed by atoms with E-state index in [1.54, 1.807) is 7.11 Å². The van der Waals surface area contributed by atoms with Gasteiger partial charge < -0.3 is 19.7 Å². The van der Waals surface area contributed by atoms with Crippen molar-refractivity contribution >= 4 is 0 Å². The van der Waals surface area contributed by atoms with Gasteiger partial charge in [0.1, 0.15) is 6.61 Å². The molecule has 1 aliphatic carbocycles. The summed E-state index contributed by atoms with van der Waals surface area (Å²) in [5, 5.41) is 3.79. The van der Waals surface area contributed by atoms with Crippen LogP contribution >= 0.6 is 0 Å². The van der Waals surface area contributed by atoms with E-state index in [1.165, 1.54) is 0 Å². The fourth-order valence-electron chi connectivity index (χ4n) is 2.06. The fourth-order valence-corrected chi connectivity index (χ4v) is 2.06. The average molecular weight is 241 g/mol. The molecule has 1 aliphatic rings. The standard InChI is InChI=1S/C11H19N3O3/c1-15-8-2-4-9(5-3-8)16-7-10-13-11(6-12)17-14-10/h8-9H,2-7,12H2,1H3. The highest BCUT2D eigenvalue weighted by Crippen LogP contribution is 2.23. The Morgan fingerprint density at radius 3 is 2.59 bits per heavy atom. The summed E-state index contributed by atoms with van der Waals surface area (Å²) in [6.45, 7) is 0.664. The molecule has 1 heterocycles. The van der Waals surface area contributed by atoms with Gasteiger partial charge in [0.15, 0.2) is 5.82 Å². The highest BCUT2D eigenvalue weighted by molar-refractivity contribution is 4.83. The number of rotatable bonds is 5. The van der Waals surface area contributed by atoms with Crippen molar-refractivity contribution in [3.63, 3.8) is 0 Å². The van der Waals surface area contributed by atoms with Crippen LogP contribution in [0.5, 0.6) is 0 Å². The maximum absolute atomic E-state index is 5.74. The second-order valence-electron chi connectivity index (χ2n) is 4.25. The van der Waals surface area contributed by atoms with Crippen LogP contribution in [0.1, 0.15) is 37.4 Å². The van der Waals surface area contributed by atoms with Crippen molar-refractivity contribution in [1.29, 1.82) is 0 Å². The molecule has 96 valence electrons. The van der Waals surface area contributed by atoms with Crippen LogP contribution in [0.4, 0.5) is 0 Å². The summed E-state index contributed by atoms with van der Waals surface area (Å²) >= 11 is 0. The predicted molar refractivity (Wildman–Crippen MR) is 60.0 cm³/mol. The van der Waals surface area contributed by atoms with E-state index in [4.69, 9.17) is 19.7 Å². The van der Waals surface area contributed by atoms with Crippen molar-refractivity contribution in [2.75, 3.05) is 7.11 Å². The highest BCUT2D eigenvalue weighted by Gasteiger charge is 2.21. The Hall–Kier alpha value is -0.980. The topological polar surface area (TPSA) is 83.4 Å². The minimum Gasteiger partial charge on any atom is -0.381 e. The van der Waals surface area contributed by atoms with Gasteiger partial charge in [-0.2, -0.15) is 4.98 Å². The Balaban J connectivity index is 1.72. The number of hydrogen-bond acceptors (Lipinski definition) is 6. The largest absolute Gasteiger partial charge is 0.381 e. The molecule has 2 rings (SSSR count). The van der Waals surface area contributed by atoms with E-state index in [0.29, 0.717) is 24.4 Å². The maximum atomic E-state index is 5.74. The van der Waals surface area contributed by atoms with Crippen molar-refractivity contribution in [2.24, 2.45) is 5.73 Å². The number of aromatic nitrogens is 2. The number of methoxy groups -OCH3 is 1. The summed E-state index contributed by atoms with van der Waals surface area (Å²) < 4.78 is 16.0. The van der Waals surface area contributed by atoms with Crippen molar-refractivity contribution in [1.82, 2.24) is 10.1 Å². The summed E-state index contributed by atoms with van der Waals surface area (Å²) in [6, 6.07) is 0. The van der Waals surface area contributed by atoms with Crippen LogP contribution in [-0.4, -0.2) is 29.5 Å². The molecule has 6 nitrogen and oxygen atoms in total. The first-order valence-electron chi connectivity index (χ1n) is 5.97. The van der Waals surface area contributed by atoms with Gasteiger partial charge in [-0.3, -0.25) is 0 Å². The van der Waals surface area contributed by atoms with E-state index in [1.807, 2.05) is 0 Å². The number of nitrogens with two attached hydrogens (primary N) is 1. The first-order valence-corrected chi connectivity index (χ1v) is 5.97. The second kappa shape index (κ2) is 6.09. The SMILES string of the molecule is COC1CCC(OCc2noc(CN)n2)CC1. The van der Waals surface area contributed by atoms with Crippen molar-refractivity contribution in [2.45, 2.75) is 51.0 Å². The van der Waals surface area contributed by atoms with Gasteiger partial charge in [0.05, 0.1) is 18.8 Å². The number of hydrogen-bond donors (Lipinski definition) is 1. The van der Waals surface area contributed by atoms with Crippen LogP contribution in [0.15, 0.2) is 4.52 Å². The van der Waals surface area contributed by atoms with Gasteiger partial charge in [-0.15, -0.1) is 0 Å². The van der Waals surface area contributed by atoms with E-state index in [0.717, 1.165) is 25.7 Å². The molecule has 0 saturated heterocycles. The van der Waals surface area contributed by atoms with E-state index < -0.39 is 0 Å². The van der Waals surface area contributed by atoms with Crippen LogP contribution in [-0.2, 0) is 22.6 Å². The minimum atomic E-state index is 0.270. The molecule has 1 aromatic rings. The van der Waals surface area contributed by atoms with Gasteiger partial charge in [0, 0.05) is 7.11 Å². The lowest BCUT2D eigenvalue weighted by atomic mass is 9.95. The molecule has 0 amide bonds. The zero-order chi connectivity index (χ0) is 12.1. The molecule has 0 unspecified atom stereocenters. The highest BCUT2D eigenvalue weighted by atomic mass is 16.5. The molecule has 0 atom stereocenters. The number of ether oxygens (including phenoxy) is 2. The first-order chi connectivity index (χ1) is 8.31. The zero-order valence-electron chi connectivity index (χ0n) is 10.1. The van der Waals surface area contributed by atoms with E-state index in [9.17, 15) is 0 Å². The third kappa shape index (κ3) is 3.49. The van der Waals surface area contributed by atoms with Crippen LogP contribution in [0, 0.1) is 0 Å². The Morgan fingerprint density at radius 1 is 1.29 bits per heavy atom. The number of nitrogens with zero attached hydrogens (tertiary/aromatic N) is 2. The average Bonchev–Trinajstić information content (AvgIpc) is 2.85. The van der Waals surface area contributed by atoms with Crippen molar-refractivity contribution in [3.8, 4) is 0 Å². The summed E-state index contributed by atoms with van der Waals surface area (Å²) in [6.07, 6.45) is 4.84. The van der Waals surface area contributed by atoms with Gasteiger partial charge in [-0.1, -0.05) is 5.16 Å². The van der Waals surface area contributed by atoms with Gasteiger partial charge in [0.2, 0.25) is 5.89 Å². The lowest BCUT2D eigenvalue weighted by Crippen LogP contribution is -2.25. The van der Waals surface area contributed by atoms with Gasteiger partial charge in [-0.05, 0) is 25.7 Å². The van der Waals surface area contributed by atoms with Crippen molar-refractivity contribution < 1.29 is 14.0 Å². The zero-order valence-corrected chi connectivity index (χ0v) is 10.1. The first kappa shape index (κ1) is 12.5. The van der Waals surface area contributed by atoms with E-state index in [2.05, 4.69) is 10.1 Å². The summed E-state index contributed by atoms with van der Waals surface area (Å²) in [5.74, 6) is 1.02. The maximum Gasteiger partial charge on any atom is 0.240 e. The van der Waals surface area contributed by atoms with Gasteiger partial charge >= 0.3 is 0 Å². The smallest absolute Gasteiger partial charge is 0.240 e. The lowest BCUT2D eigenvalue weighted by Gasteiger charge is -2.27. The molecular weight excluding hydrogens is 222 g/mol. The monoisotopic (exact) mass is 241 g/mol. The summed E-state index contributed by atoms with van der Waals surface area (Å²) in [5.41, 5.74) is 5.38. The predicted octanol–water partition coefficient (Wildman–Crippen LogP) is 1.00. The third-order valence-corrected chi connectivity index (χ3v) is 3.09. The van der Waals surface area contributed by atoms with Gasteiger partial charge in [0.25, 0.3) is 0 Å².